The molecule has 0 radical (unpaired) electrons. The van der Waals surface area contributed by atoms with E-state index in [1.165, 1.54) is 11.8 Å². The molecule has 0 atom stereocenters. The van der Waals surface area contributed by atoms with Crippen molar-refractivity contribution in [3.8, 4) is 28.7 Å². The summed E-state index contributed by atoms with van der Waals surface area (Å²) in [5.74, 6) is 2.08. The molecule has 8 nitrogen and oxygen atoms in total. The third-order valence-corrected chi connectivity index (χ3v) is 5.50. The summed E-state index contributed by atoms with van der Waals surface area (Å²) in [5, 5.41) is 8.59. The molecule has 0 unspecified atom stereocenters. The maximum atomic E-state index is 12.9. The first-order chi connectivity index (χ1) is 16.5. The lowest BCUT2D eigenvalue weighted by atomic mass is 10.2. The Bertz CT molecular complexity index is 1040. The molecule has 0 spiro atoms. The number of benzene rings is 2. The summed E-state index contributed by atoms with van der Waals surface area (Å²) in [5.41, 5.74) is 1.50. The van der Waals surface area contributed by atoms with Gasteiger partial charge >= 0.3 is 0 Å². The van der Waals surface area contributed by atoms with Crippen LogP contribution in [0.3, 0.4) is 0 Å². The minimum atomic E-state index is -0.0377. The molecule has 9 heteroatoms. The third-order valence-electron chi connectivity index (χ3n) is 4.70. The number of amides is 1. The maximum Gasteiger partial charge on any atom is 0.277 e. The second kappa shape index (κ2) is 12.3. The van der Waals surface area contributed by atoms with Gasteiger partial charge in [-0.3, -0.25) is 4.79 Å². The molecule has 0 bridgehead atoms. The lowest BCUT2D eigenvalue weighted by molar-refractivity contribution is -0.116. The molecule has 34 heavy (non-hydrogen) atoms. The Kier molecular flexibility index (Phi) is 9.21. The molecule has 0 saturated heterocycles. The zero-order chi connectivity index (χ0) is 24.5. The van der Waals surface area contributed by atoms with E-state index in [0.717, 1.165) is 5.69 Å². The van der Waals surface area contributed by atoms with Crippen LogP contribution in [0.15, 0.2) is 52.1 Å². The number of ether oxygens (including phenoxy) is 3. The first-order valence-electron chi connectivity index (χ1n) is 11.4. The molecule has 1 heterocycles. The molecule has 2 aromatic carbocycles. The Balaban J connectivity index is 1.78. The van der Waals surface area contributed by atoms with Gasteiger partial charge in [0.15, 0.2) is 11.5 Å². The quantitative estimate of drug-likeness (QED) is 0.312. The fraction of sp³-hybridized carbons (Fsp3) is 0.400. The average molecular weight is 486 g/mol. The number of para-hydroxylation sites is 1. The number of carbonyl (C=O) groups excluding carboxylic acids is 1. The molecule has 0 aliphatic rings. The van der Waals surface area contributed by atoms with Gasteiger partial charge in [0.1, 0.15) is 0 Å². The predicted molar refractivity (Wildman–Crippen MR) is 133 cm³/mol. The highest BCUT2D eigenvalue weighted by atomic mass is 32.2. The smallest absolute Gasteiger partial charge is 0.277 e. The van der Waals surface area contributed by atoms with Crippen molar-refractivity contribution < 1.29 is 23.4 Å². The number of anilines is 1. The van der Waals surface area contributed by atoms with Crippen LogP contribution >= 0.6 is 11.8 Å². The molecule has 0 fully saturated rings. The second-order valence-electron chi connectivity index (χ2n) is 7.46. The molecule has 0 aliphatic heterocycles. The highest BCUT2D eigenvalue weighted by Crippen LogP contribution is 2.42. The summed E-state index contributed by atoms with van der Waals surface area (Å²) in [6, 6.07) is 13.2. The van der Waals surface area contributed by atoms with Crippen LogP contribution in [0.1, 0.15) is 34.6 Å². The Labute approximate surface area is 204 Å². The van der Waals surface area contributed by atoms with Gasteiger partial charge in [0.2, 0.25) is 17.5 Å². The predicted octanol–water partition coefficient (Wildman–Crippen LogP) is 5.47. The zero-order valence-electron chi connectivity index (χ0n) is 20.2. The summed E-state index contributed by atoms with van der Waals surface area (Å²) in [7, 11) is 0. The number of rotatable bonds is 12. The molecule has 3 rings (SSSR count). The van der Waals surface area contributed by atoms with Gasteiger partial charge in [-0.05, 0) is 58.9 Å². The van der Waals surface area contributed by atoms with Gasteiger partial charge in [0.05, 0.1) is 25.6 Å². The molecule has 0 aliphatic carbocycles. The number of thioether (sulfide) groups is 1. The van der Waals surface area contributed by atoms with Crippen LogP contribution in [0.25, 0.3) is 11.5 Å². The Morgan fingerprint density at radius 3 is 2.15 bits per heavy atom. The molecule has 0 saturated carbocycles. The van der Waals surface area contributed by atoms with Crippen LogP contribution in [0, 0.1) is 0 Å². The molecular formula is C25H31N3O5S. The third kappa shape index (κ3) is 6.22. The van der Waals surface area contributed by atoms with Crippen molar-refractivity contribution in [3.63, 3.8) is 0 Å². The summed E-state index contributed by atoms with van der Waals surface area (Å²) in [6.07, 6.45) is 0. The number of aromatic nitrogens is 2. The SMILES string of the molecule is CCOc1cc(-c2nnc(SCC(=O)N(c3ccccc3)C(C)C)o2)cc(OCC)c1OCC. The van der Waals surface area contributed by atoms with Crippen LogP contribution in [0.5, 0.6) is 17.2 Å². The highest BCUT2D eigenvalue weighted by Gasteiger charge is 2.22. The van der Waals surface area contributed by atoms with Gasteiger partial charge in [0.25, 0.3) is 5.22 Å². The minimum absolute atomic E-state index is 0.0200. The Morgan fingerprint density at radius 1 is 0.971 bits per heavy atom. The van der Waals surface area contributed by atoms with Crippen molar-refractivity contribution in [2.75, 3.05) is 30.5 Å². The van der Waals surface area contributed by atoms with Crippen molar-refractivity contribution in [1.29, 1.82) is 0 Å². The van der Waals surface area contributed by atoms with Crippen molar-refractivity contribution in [2.24, 2.45) is 0 Å². The second-order valence-corrected chi connectivity index (χ2v) is 8.38. The normalized spacial score (nSPS) is 10.9. The number of hydrogen-bond acceptors (Lipinski definition) is 8. The molecule has 0 N–H and O–H groups in total. The van der Waals surface area contributed by atoms with E-state index in [0.29, 0.717) is 53.7 Å². The van der Waals surface area contributed by atoms with Crippen molar-refractivity contribution in [1.82, 2.24) is 10.2 Å². The van der Waals surface area contributed by atoms with Gasteiger partial charge in [-0.25, -0.2) is 0 Å². The molecule has 1 aromatic heterocycles. The summed E-state index contributed by atoms with van der Waals surface area (Å²) in [6.45, 7) is 11.1. The van der Waals surface area contributed by atoms with E-state index in [1.54, 1.807) is 17.0 Å². The lowest BCUT2D eigenvalue weighted by Gasteiger charge is -2.26. The van der Waals surface area contributed by atoms with E-state index in [9.17, 15) is 4.79 Å². The number of hydrogen-bond donors (Lipinski definition) is 0. The van der Waals surface area contributed by atoms with Crippen molar-refractivity contribution >= 4 is 23.4 Å². The van der Waals surface area contributed by atoms with Crippen LogP contribution in [-0.4, -0.2) is 47.7 Å². The van der Waals surface area contributed by atoms with Crippen LogP contribution in [0.2, 0.25) is 0 Å². The molecule has 1 amide bonds. The minimum Gasteiger partial charge on any atom is -0.490 e. The van der Waals surface area contributed by atoms with Gasteiger partial charge in [-0.2, -0.15) is 0 Å². The first kappa shape index (κ1) is 25.4. The van der Waals surface area contributed by atoms with E-state index in [4.69, 9.17) is 18.6 Å². The number of carbonyl (C=O) groups is 1. The van der Waals surface area contributed by atoms with E-state index < -0.39 is 0 Å². The van der Waals surface area contributed by atoms with Gasteiger partial charge in [-0.1, -0.05) is 30.0 Å². The van der Waals surface area contributed by atoms with E-state index in [-0.39, 0.29) is 17.7 Å². The average Bonchev–Trinajstić information content (AvgIpc) is 3.30. The summed E-state index contributed by atoms with van der Waals surface area (Å²) >= 11 is 1.21. The molecule has 3 aromatic rings. The van der Waals surface area contributed by atoms with E-state index >= 15 is 0 Å². The lowest BCUT2D eigenvalue weighted by Crippen LogP contribution is -2.38. The fourth-order valence-corrected chi connectivity index (χ4v) is 4.03. The van der Waals surface area contributed by atoms with E-state index in [1.807, 2.05) is 65.0 Å². The van der Waals surface area contributed by atoms with E-state index in [2.05, 4.69) is 10.2 Å². The van der Waals surface area contributed by atoms with Crippen LogP contribution < -0.4 is 19.1 Å². The Morgan fingerprint density at radius 2 is 1.59 bits per heavy atom. The summed E-state index contributed by atoms with van der Waals surface area (Å²) in [4.78, 5) is 14.7. The fourth-order valence-electron chi connectivity index (χ4n) is 3.41. The molecular weight excluding hydrogens is 454 g/mol. The van der Waals surface area contributed by atoms with Crippen LogP contribution in [-0.2, 0) is 4.79 Å². The zero-order valence-corrected chi connectivity index (χ0v) is 21.1. The van der Waals surface area contributed by atoms with Crippen molar-refractivity contribution in [2.45, 2.75) is 45.9 Å². The first-order valence-corrected chi connectivity index (χ1v) is 12.4. The monoisotopic (exact) mass is 485 g/mol. The number of nitrogens with zero attached hydrogens (tertiary/aromatic N) is 3. The van der Waals surface area contributed by atoms with Crippen LogP contribution in [0.4, 0.5) is 5.69 Å². The highest BCUT2D eigenvalue weighted by molar-refractivity contribution is 7.99. The van der Waals surface area contributed by atoms with Gasteiger partial charge < -0.3 is 23.5 Å². The largest absolute Gasteiger partial charge is 0.490 e. The van der Waals surface area contributed by atoms with Gasteiger partial charge in [-0.15, -0.1) is 10.2 Å². The van der Waals surface area contributed by atoms with Gasteiger partial charge in [0, 0.05) is 17.3 Å². The van der Waals surface area contributed by atoms with Crippen molar-refractivity contribution in [3.05, 3.63) is 42.5 Å². The molecule has 182 valence electrons. The maximum absolute atomic E-state index is 12.9. The topological polar surface area (TPSA) is 86.9 Å². The summed E-state index contributed by atoms with van der Waals surface area (Å²) < 4.78 is 23.1. The standard InChI is InChI=1S/C25H31N3O5S/c1-6-30-20-14-18(15-21(31-7-2)23(20)32-8-3)24-26-27-25(33-24)34-16-22(29)28(17(4)5)19-12-10-9-11-13-19/h9-15,17H,6-8,16H2,1-5H3. The Hall–Kier alpha value is -3.20.